The minimum Gasteiger partial charge on any atom is -0.306 e. The summed E-state index contributed by atoms with van der Waals surface area (Å²) in [7, 11) is -3.14. The highest BCUT2D eigenvalue weighted by Crippen LogP contribution is 2.32. The molecule has 2 aromatic rings. The lowest BCUT2D eigenvalue weighted by Crippen LogP contribution is -2.62. The van der Waals surface area contributed by atoms with Gasteiger partial charge in [-0.05, 0) is 36.9 Å². The SMILES string of the molecule is Cc1ccc(N2C(=O)CN(CCc3cccs3)[C@H]3CS(=O)(=O)C[C@H]32)cc1. The first kappa shape index (κ1) is 17.7. The van der Waals surface area contributed by atoms with E-state index in [1.807, 2.05) is 42.6 Å². The monoisotopic (exact) mass is 390 g/mol. The third-order valence-corrected chi connectivity index (χ3v) is 7.87. The van der Waals surface area contributed by atoms with Crippen LogP contribution in [0.1, 0.15) is 10.4 Å². The number of hydrogen-bond donors (Lipinski definition) is 0. The maximum atomic E-state index is 12.9. The number of rotatable bonds is 4. The van der Waals surface area contributed by atoms with Crippen LogP contribution in [0.2, 0.25) is 0 Å². The van der Waals surface area contributed by atoms with E-state index in [1.165, 1.54) is 4.88 Å². The van der Waals surface area contributed by atoms with E-state index in [-0.39, 0.29) is 36.0 Å². The second-order valence-electron chi connectivity index (χ2n) is 7.11. The molecule has 3 heterocycles. The molecular weight excluding hydrogens is 368 g/mol. The molecule has 2 aliphatic rings. The number of nitrogens with zero attached hydrogens (tertiary/aromatic N) is 2. The molecule has 2 saturated heterocycles. The Kier molecular flexibility index (Phi) is 4.62. The summed E-state index contributed by atoms with van der Waals surface area (Å²) in [5, 5.41) is 2.04. The molecule has 2 atom stereocenters. The Labute approximate surface area is 158 Å². The number of aryl methyl sites for hydroxylation is 1. The molecule has 4 rings (SSSR count). The molecule has 138 valence electrons. The van der Waals surface area contributed by atoms with E-state index in [0.717, 1.165) is 17.7 Å². The summed E-state index contributed by atoms with van der Waals surface area (Å²) in [5.41, 5.74) is 1.91. The maximum absolute atomic E-state index is 12.9. The van der Waals surface area contributed by atoms with Gasteiger partial charge in [-0.25, -0.2) is 8.42 Å². The van der Waals surface area contributed by atoms with Crippen LogP contribution >= 0.6 is 11.3 Å². The summed E-state index contributed by atoms with van der Waals surface area (Å²) >= 11 is 1.70. The van der Waals surface area contributed by atoms with Crippen molar-refractivity contribution >= 4 is 32.8 Å². The number of piperazine rings is 1. The van der Waals surface area contributed by atoms with E-state index in [2.05, 4.69) is 11.0 Å². The quantitative estimate of drug-likeness (QED) is 0.802. The second-order valence-corrected chi connectivity index (χ2v) is 10.3. The van der Waals surface area contributed by atoms with Crippen LogP contribution in [0.15, 0.2) is 41.8 Å². The Morgan fingerprint density at radius 1 is 1.12 bits per heavy atom. The molecule has 0 N–H and O–H groups in total. The van der Waals surface area contributed by atoms with Gasteiger partial charge in [0.1, 0.15) is 0 Å². The first-order chi connectivity index (χ1) is 12.4. The molecule has 0 unspecified atom stereocenters. The number of benzene rings is 1. The highest BCUT2D eigenvalue weighted by Gasteiger charge is 2.49. The summed E-state index contributed by atoms with van der Waals surface area (Å²) < 4.78 is 24.7. The van der Waals surface area contributed by atoms with Gasteiger partial charge in [-0.2, -0.15) is 0 Å². The Balaban J connectivity index is 1.60. The van der Waals surface area contributed by atoms with Crippen molar-refractivity contribution in [1.29, 1.82) is 0 Å². The Morgan fingerprint density at radius 3 is 2.54 bits per heavy atom. The lowest BCUT2D eigenvalue weighted by molar-refractivity contribution is -0.123. The van der Waals surface area contributed by atoms with Gasteiger partial charge in [0.2, 0.25) is 5.91 Å². The molecule has 2 aliphatic heterocycles. The fraction of sp³-hybridized carbons (Fsp3) is 0.421. The summed E-state index contributed by atoms with van der Waals surface area (Å²) in [4.78, 5) is 17.9. The zero-order valence-electron chi connectivity index (χ0n) is 14.7. The predicted octanol–water partition coefficient (Wildman–Crippen LogP) is 2.11. The maximum Gasteiger partial charge on any atom is 0.241 e. The molecule has 1 amide bonds. The smallest absolute Gasteiger partial charge is 0.241 e. The lowest BCUT2D eigenvalue weighted by Gasteiger charge is -2.43. The van der Waals surface area contributed by atoms with Gasteiger partial charge in [0, 0.05) is 23.2 Å². The van der Waals surface area contributed by atoms with Crippen LogP contribution in [-0.2, 0) is 21.1 Å². The van der Waals surface area contributed by atoms with Gasteiger partial charge in [-0.15, -0.1) is 11.3 Å². The first-order valence-electron chi connectivity index (χ1n) is 8.78. The average molecular weight is 391 g/mol. The van der Waals surface area contributed by atoms with Gasteiger partial charge in [-0.1, -0.05) is 23.8 Å². The Bertz CT molecular complexity index is 891. The Morgan fingerprint density at radius 2 is 1.85 bits per heavy atom. The molecule has 26 heavy (non-hydrogen) atoms. The second kappa shape index (κ2) is 6.79. The first-order valence-corrected chi connectivity index (χ1v) is 11.5. The molecule has 5 nitrogen and oxygen atoms in total. The lowest BCUT2D eigenvalue weighted by atomic mass is 10.0. The van der Waals surface area contributed by atoms with Crippen molar-refractivity contribution in [1.82, 2.24) is 4.90 Å². The van der Waals surface area contributed by atoms with E-state index < -0.39 is 9.84 Å². The number of amides is 1. The van der Waals surface area contributed by atoms with Crippen LogP contribution in [0, 0.1) is 6.92 Å². The minimum absolute atomic E-state index is 0.0154. The number of hydrogen-bond acceptors (Lipinski definition) is 5. The number of fused-ring (bicyclic) bond motifs is 1. The standard InChI is InChI=1S/C19H22N2O3S2/c1-14-4-6-15(7-5-14)21-18-13-26(23,24)12-17(18)20(11-19(21)22)9-8-16-3-2-10-25-16/h2-7,10,17-18H,8-9,11-13H2,1H3/t17-,18+/m0/s1. The number of carbonyl (C=O) groups excluding carboxylic acids is 1. The number of sulfone groups is 1. The third-order valence-electron chi connectivity index (χ3n) is 5.24. The van der Waals surface area contributed by atoms with E-state index in [4.69, 9.17) is 0 Å². The number of carbonyl (C=O) groups is 1. The van der Waals surface area contributed by atoms with Crippen LogP contribution < -0.4 is 4.90 Å². The molecule has 0 bridgehead atoms. The van der Waals surface area contributed by atoms with Gasteiger partial charge in [0.15, 0.2) is 9.84 Å². The molecule has 0 spiro atoms. The fourth-order valence-corrected chi connectivity index (χ4v) is 6.63. The fourth-order valence-electron chi connectivity index (χ4n) is 3.95. The van der Waals surface area contributed by atoms with Crippen molar-refractivity contribution in [2.75, 3.05) is 29.5 Å². The molecular formula is C19H22N2O3S2. The van der Waals surface area contributed by atoms with Crippen LogP contribution in [0.4, 0.5) is 5.69 Å². The summed E-state index contributed by atoms with van der Waals surface area (Å²) in [6.07, 6.45) is 0.846. The van der Waals surface area contributed by atoms with Crippen LogP contribution in [0.25, 0.3) is 0 Å². The van der Waals surface area contributed by atoms with E-state index in [9.17, 15) is 13.2 Å². The van der Waals surface area contributed by atoms with Gasteiger partial charge < -0.3 is 4.90 Å². The topological polar surface area (TPSA) is 57.7 Å². The van der Waals surface area contributed by atoms with E-state index in [1.54, 1.807) is 16.2 Å². The Hall–Kier alpha value is -1.70. The van der Waals surface area contributed by atoms with Gasteiger partial charge in [0.25, 0.3) is 0 Å². The summed E-state index contributed by atoms with van der Waals surface area (Å²) in [6.45, 7) is 2.98. The van der Waals surface area contributed by atoms with Crippen LogP contribution in [-0.4, -0.2) is 55.9 Å². The normalized spacial score (nSPS) is 25.4. The van der Waals surface area contributed by atoms with E-state index >= 15 is 0 Å². The van der Waals surface area contributed by atoms with Crippen molar-refractivity contribution in [2.24, 2.45) is 0 Å². The highest BCUT2D eigenvalue weighted by atomic mass is 32.2. The predicted molar refractivity (Wildman–Crippen MR) is 104 cm³/mol. The molecule has 2 fully saturated rings. The van der Waals surface area contributed by atoms with Crippen LogP contribution in [0.3, 0.4) is 0 Å². The van der Waals surface area contributed by atoms with Crippen molar-refractivity contribution in [3.05, 3.63) is 52.2 Å². The molecule has 0 aliphatic carbocycles. The largest absolute Gasteiger partial charge is 0.306 e. The van der Waals surface area contributed by atoms with Crippen molar-refractivity contribution < 1.29 is 13.2 Å². The van der Waals surface area contributed by atoms with Gasteiger partial charge in [0.05, 0.1) is 24.1 Å². The number of anilines is 1. The van der Waals surface area contributed by atoms with Gasteiger partial charge in [-0.3, -0.25) is 9.69 Å². The molecule has 1 aromatic carbocycles. The van der Waals surface area contributed by atoms with Crippen LogP contribution in [0.5, 0.6) is 0 Å². The van der Waals surface area contributed by atoms with E-state index in [0.29, 0.717) is 6.54 Å². The summed E-state index contributed by atoms with van der Waals surface area (Å²) in [6, 6.07) is 11.4. The van der Waals surface area contributed by atoms with Crippen molar-refractivity contribution in [2.45, 2.75) is 25.4 Å². The van der Waals surface area contributed by atoms with Crippen molar-refractivity contribution in [3.63, 3.8) is 0 Å². The third kappa shape index (κ3) is 3.43. The molecule has 1 aromatic heterocycles. The molecule has 0 radical (unpaired) electrons. The number of thiophene rings is 1. The molecule has 7 heteroatoms. The van der Waals surface area contributed by atoms with Gasteiger partial charge >= 0.3 is 0 Å². The zero-order valence-corrected chi connectivity index (χ0v) is 16.3. The summed E-state index contributed by atoms with van der Waals surface area (Å²) in [5.74, 6) is 0.170. The average Bonchev–Trinajstić information content (AvgIpc) is 3.20. The highest BCUT2D eigenvalue weighted by molar-refractivity contribution is 7.91. The molecule has 0 saturated carbocycles. The zero-order chi connectivity index (χ0) is 18.3. The minimum atomic E-state index is -3.14. The van der Waals surface area contributed by atoms with Crippen molar-refractivity contribution in [3.8, 4) is 0 Å².